The predicted molar refractivity (Wildman–Crippen MR) is 83.3 cm³/mol. The molecule has 1 aromatic carbocycles. The molecule has 0 unspecified atom stereocenters. The molecule has 0 radical (unpaired) electrons. The van der Waals surface area contributed by atoms with Gasteiger partial charge in [0.1, 0.15) is 5.60 Å². The third-order valence-electron chi connectivity index (χ3n) is 4.20. The standard InChI is InChI=1S/C16H20ClN3O/c1-16(21,12-8-19-20(2)9-12)10-18-15-6-3-11-7-13(17)4-5-14(11)15/h4-5,7-9,15,18,21H,3,6,10H2,1-2H3/t15-,16+/m1/s1. The van der Waals surface area contributed by atoms with E-state index in [0.717, 1.165) is 23.4 Å². The highest BCUT2D eigenvalue weighted by molar-refractivity contribution is 6.30. The monoisotopic (exact) mass is 305 g/mol. The normalized spacial score (nSPS) is 20.3. The third-order valence-corrected chi connectivity index (χ3v) is 4.44. The highest BCUT2D eigenvalue weighted by Crippen LogP contribution is 2.33. The average Bonchev–Trinajstić information content (AvgIpc) is 3.03. The summed E-state index contributed by atoms with van der Waals surface area (Å²) in [5, 5.41) is 19.0. The minimum atomic E-state index is -0.927. The van der Waals surface area contributed by atoms with Crippen molar-refractivity contribution >= 4 is 11.6 Å². The van der Waals surface area contributed by atoms with E-state index in [1.54, 1.807) is 10.9 Å². The number of halogens is 1. The minimum Gasteiger partial charge on any atom is -0.384 e. The summed E-state index contributed by atoms with van der Waals surface area (Å²) in [5.74, 6) is 0. The van der Waals surface area contributed by atoms with Crippen LogP contribution in [0, 0.1) is 0 Å². The molecule has 0 amide bonds. The van der Waals surface area contributed by atoms with Gasteiger partial charge in [0.05, 0.1) is 6.20 Å². The van der Waals surface area contributed by atoms with Gasteiger partial charge in [0.2, 0.25) is 0 Å². The zero-order valence-corrected chi connectivity index (χ0v) is 13.1. The molecule has 1 aliphatic rings. The maximum absolute atomic E-state index is 10.6. The van der Waals surface area contributed by atoms with Crippen LogP contribution in [0.4, 0.5) is 0 Å². The largest absolute Gasteiger partial charge is 0.384 e. The molecule has 0 aliphatic heterocycles. The van der Waals surface area contributed by atoms with Crippen LogP contribution in [0.15, 0.2) is 30.6 Å². The fourth-order valence-corrected chi connectivity index (χ4v) is 3.12. The number of benzene rings is 1. The number of aryl methyl sites for hydroxylation is 2. The van der Waals surface area contributed by atoms with Crippen molar-refractivity contribution in [3.63, 3.8) is 0 Å². The lowest BCUT2D eigenvalue weighted by atomic mass is 9.98. The van der Waals surface area contributed by atoms with Gasteiger partial charge < -0.3 is 10.4 Å². The van der Waals surface area contributed by atoms with E-state index in [1.807, 2.05) is 32.3 Å². The molecule has 0 saturated heterocycles. The van der Waals surface area contributed by atoms with Gasteiger partial charge >= 0.3 is 0 Å². The molecule has 0 bridgehead atoms. The molecule has 2 aromatic rings. The van der Waals surface area contributed by atoms with Gasteiger partial charge in [-0.05, 0) is 43.0 Å². The van der Waals surface area contributed by atoms with Gasteiger partial charge in [-0.1, -0.05) is 17.7 Å². The molecule has 0 saturated carbocycles. The van der Waals surface area contributed by atoms with Crippen molar-refractivity contribution < 1.29 is 5.11 Å². The number of fused-ring (bicyclic) bond motifs is 1. The topological polar surface area (TPSA) is 50.1 Å². The lowest BCUT2D eigenvalue weighted by Gasteiger charge is -2.25. The molecule has 5 heteroatoms. The summed E-state index contributed by atoms with van der Waals surface area (Å²) >= 11 is 6.03. The van der Waals surface area contributed by atoms with E-state index in [-0.39, 0.29) is 6.04 Å². The van der Waals surface area contributed by atoms with Crippen LogP contribution in [0.25, 0.3) is 0 Å². The van der Waals surface area contributed by atoms with Crippen LogP contribution in [0.2, 0.25) is 5.02 Å². The predicted octanol–water partition coefficient (Wildman–Crippen LogP) is 2.56. The summed E-state index contributed by atoms with van der Waals surface area (Å²) < 4.78 is 1.71. The van der Waals surface area contributed by atoms with Crippen molar-refractivity contribution in [3.05, 3.63) is 52.3 Å². The second-order valence-corrected chi connectivity index (χ2v) is 6.43. The number of hydrogen-bond acceptors (Lipinski definition) is 3. The van der Waals surface area contributed by atoms with Gasteiger partial charge in [0, 0.05) is 36.4 Å². The minimum absolute atomic E-state index is 0.278. The van der Waals surface area contributed by atoms with Crippen LogP contribution in [0.1, 0.15) is 36.1 Å². The van der Waals surface area contributed by atoms with Crippen molar-refractivity contribution in [2.24, 2.45) is 7.05 Å². The van der Waals surface area contributed by atoms with Gasteiger partial charge in [-0.2, -0.15) is 5.10 Å². The smallest absolute Gasteiger partial charge is 0.102 e. The molecule has 4 nitrogen and oxygen atoms in total. The van der Waals surface area contributed by atoms with Crippen LogP contribution in [-0.2, 0) is 19.1 Å². The summed E-state index contributed by atoms with van der Waals surface area (Å²) in [4.78, 5) is 0. The van der Waals surface area contributed by atoms with Crippen molar-refractivity contribution in [2.75, 3.05) is 6.54 Å². The number of aromatic nitrogens is 2. The summed E-state index contributed by atoms with van der Waals surface area (Å²) in [6, 6.07) is 6.33. The van der Waals surface area contributed by atoms with Gasteiger partial charge in [0.15, 0.2) is 0 Å². The number of nitrogens with one attached hydrogen (secondary N) is 1. The maximum Gasteiger partial charge on any atom is 0.102 e. The molecule has 0 spiro atoms. The number of hydrogen-bond donors (Lipinski definition) is 2. The van der Waals surface area contributed by atoms with E-state index in [9.17, 15) is 5.11 Å². The molecule has 112 valence electrons. The molecule has 3 rings (SSSR count). The Balaban J connectivity index is 1.69. The Morgan fingerprint density at radius 1 is 1.52 bits per heavy atom. The molecule has 1 aromatic heterocycles. The first-order chi connectivity index (χ1) is 9.95. The van der Waals surface area contributed by atoms with E-state index in [0.29, 0.717) is 6.54 Å². The lowest BCUT2D eigenvalue weighted by molar-refractivity contribution is 0.0537. The first kappa shape index (κ1) is 14.6. The van der Waals surface area contributed by atoms with E-state index >= 15 is 0 Å². The quantitative estimate of drug-likeness (QED) is 0.913. The Bertz CT molecular complexity index is 651. The Hall–Kier alpha value is -1.36. The van der Waals surface area contributed by atoms with Crippen LogP contribution < -0.4 is 5.32 Å². The van der Waals surface area contributed by atoms with Crippen LogP contribution in [0.3, 0.4) is 0 Å². The van der Waals surface area contributed by atoms with Crippen LogP contribution in [-0.4, -0.2) is 21.4 Å². The highest BCUT2D eigenvalue weighted by atomic mass is 35.5. The van der Waals surface area contributed by atoms with Crippen molar-refractivity contribution in [3.8, 4) is 0 Å². The van der Waals surface area contributed by atoms with Crippen molar-refractivity contribution in [2.45, 2.75) is 31.4 Å². The molecule has 0 fully saturated rings. The summed E-state index contributed by atoms with van der Waals surface area (Å²) in [6.45, 7) is 2.31. The van der Waals surface area contributed by atoms with Crippen molar-refractivity contribution in [1.29, 1.82) is 0 Å². The van der Waals surface area contributed by atoms with E-state index in [1.165, 1.54) is 11.1 Å². The van der Waals surface area contributed by atoms with E-state index in [2.05, 4.69) is 16.5 Å². The fraction of sp³-hybridized carbons (Fsp3) is 0.438. The zero-order valence-electron chi connectivity index (χ0n) is 12.3. The Labute approximate surface area is 129 Å². The van der Waals surface area contributed by atoms with E-state index < -0.39 is 5.60 Å². The highest BCUT2D eigenvalue weighted by Gasteiger charge is 2.28. The average molecular weight is 306 g/mol. The molecular weight excluding hydrogens is 286 g/mol. The molecular formula is C16H20ClN3O. The van der Waals surface area contributed by atoms with Gasteiger partial charge in [0.25, 0.3) is 0 Å². The molecule has 2 N–H and O–H groups in total. The number of aliphatic hydroxyl groups is 1. The van der Waals surface area contributed by atoms with Crippen molar-refractivity contribution in [1.82, 2.24) is 15.1 Å². The molecule has 1 aliphatic carbocycles. The fourth-order valence-electron chi connectivity index (χ4n) is 2.92. The van der Waals surface area contributed by atoms with Crippen LogP contribution in [0.5, 0.6) is 0 Å². The molecule has 2 atom stereocenters. The van der Waals surface area contributed by atoms with Gasteiger partial charge in [-0.15, -0.1) is 0 Å². The SMILES string of the molecule is Cn1cc([C@@](C)(O)CN[C@@H]2CCc3cc(Cl)ccc32)cn1. The molecule has 1 heterocycles. The summed E-state index contributed by atoms with van der Waals surface area (Å²) in [7, 11) is 1.85. The Morgan fingerprint density at radius 3 is 3.05 bits per heavy atom. The number of nitrogens with zero attached hydrogens (tertiary/aromatic N) is 2. The Morgan fingerprint density at radius 2 is 2.33 bits per heavy atom. The summed E-state index contributed by atoms with van der Waals surface area (Å²) in [5.41, 5.74) is 2.50. The van der Waals surface area contributed by atoms with E-state index in [4.69, 9.17) is 11.6 Å². The maximum atomic E-state index is 10.6. The number of rotatable bonds is 4. The van der Waals surface area contributed by atoms with Gasteiger partial charge in [-0.25, -0.2) is 0 Å². The Kier molecular flexibility index (Phi) is 3.78. The van der Waals surface area contributed by atoms with Gasteiger partial charge in [-0.3, -0.25) is 4.68 Å². The zero-order chi connectivity index (χ0) is 15.0. The summed E-state index contributed by atoms with van der Waals surface area (Å²) in [6.07, 6.45) is 5.63. The molecule has 21 heavy (non-hydrogen) atoms. The lowest BCUT2D eigenvalue weighted by Crippen LogP contribution is -2.36. The third kappa shape index (κ3) is 2.98. The van der Waals surface area contributed by atoms with Crippen LogP contribution >= 0.6 is 11.6 Å². The first-order valence-corrected chi connectivity index (χ1v) is 7.57. The second kappa shape index (κ2) is 5.44. The second-order valence-electron chi connectivity index (χ2n) is 5.99. The first-order valence-electron chi connectivity index (χ1n) is 7.19.